The molecule has 0 amide bonds. The summed E-state index contributed by atoms with van der Waals surface area (Å²) in [6.07, 6.45) is 0.207. The minimum atomic E-state index is -0.732. The van der Waals surface area contributed by atoms with Crippen LogP contribution < -0.4 is 0 Å². The minimum absolute atomic E-state index is 0.207. The SMILES string of the molecule is CCN(CCC(=O)O)Cc1cc(C)ccc1C. The summed E-state index contributed by atoms with van der Waals surface area (Å²) in [6.45, 7) is 8.56. The molecule has 0 atom stereocenters. The first-order valence-electron chi connectivity index (χ1n) is 6.03. The van der Waals surface area contributed by atoms with Gasteiger partial charge in [0.2, 0.25) is 0 Å². The van der Waals surface area contributed by atoms with Gasteiger partial charge in [-0.25, -0.2) is 0 Å². The van der Waals surface area contributed by atoms with Gasteiger partial charge < -0.3 is 5.11 Å². The highest BCUT2D eigenvalue weighted by Crippen LogP contribution is 2.13. The molecule has 94 valence electrons. The van der Waals surface area contributed by atoms with Gasteiger partial charge in [0.1, 0.15) is 0 Å². The number of aliphatic carboxylic acids is 1. The first-order valence-corrected chi connectivity index (χ1v) is 6.03. The molecule has 1 aromatic rings. The van der Waals surface area contributed by atoms with E-state index < -0.39 is 5.97 Å². The Labute approximate surface area is 103 Å². The molecule has 3 nitrogen and oxygen atoms in total. The molecule has 0 spiro atoms. The summed E-state index contributed by atoms with van der Waals surface area (Å²) in [7, 11) is 0. The molecule has 0 saturated heterocycles. The molecular formula is C14H21NO2. The van der Waals surface area contributed by atoms with E-state index in [1.165, 1.54) is 16.7 Å². The van der Waals surface area contributed by atoms with E-state index in [0.717, 1.165) is 13.1 Å². The van der Waals surface area contributed by atoms with E-state index in [9.17, 15) is 4.79 Å². The van der Waals surface area contributed by atoms with Gasteiger partial charge in [0.05, 0.1) is 6.42 Å². The van der Waals surface area contributed by atoms with Crippen molar-refractivity contribution in [2.75, 3.05) is 13.1 Å². The van der Waals surface area contributed by atoms with Crippen molar-refractivity contribution in [1.29, 1.82) is 0 Å². The first-order chi connectivity index (χ1) is 8.02. The average Bonchev–Trinajstić information content (AvgIpc) is 2.28. The number of rotatable bonds is 6. The highest BCUT2D eigenvalue weighted by atomic mass is 16.4. The van der Waals surface area contributed by atoms with Gasteiger partial charge >= 0.3 is 5.97 Å². The number of nitrogens with zero attached hydrogens (tertiary/aromatic N) is 1. The lowest BCUT2D eigenvalue weighted by molar-refractivity contribution is -0.137. The molecule has 0 aliphatic rings. The second-order valence-corrected chi connectivity index (χ2v) is 4.44. The van der Waals surface area contributed by atoms with Crippen molar-refractivity contribution < 1.29 is 9.90 Å². The van der Waals surface area contributed by atoms with Crippen molar-refractivity contribution in [2.24, 2.45) is 0 Å². The van der Waals surface area contributed by atoms with Gasteiger partial charge in [-0.2, -0.15) is 0 Å². The summed E-state index contributed by atoms with van der Waals surface area (Å²) < 4.78 is 0. The van der Waals surface area contributed by atoms with E-state index in [1.54, 1.807) is 0 Å². The van der Waals surface area contributed by atoms with Crippen LogP contribution in [0.25, 0.3) is 0 Å². The van der Waals surface area contributed by atoms with Crippen molar-refractivity contribution in [3.05, 3.63) is 34.9 Å². The maximum absolute atomic E-state index is 10.6. The lowest BCUT2D eigenvalue weighted by Crippen LogP contribution is -2.26. The molecule has 1 aromatic carbocycles. The molecule has 0 radical (unpaired) electrons. The van der Waals surface area contributed by atoms with Crippen LogP contribution in [0.3, 0.4) is 0 Å². The Morgan fingerprint density at radius 2 is 2.06 bits per heavy atom. The van der Waals surface area contributed by atoms with Crippen LogP contribution in [-0.4, -0.2) is 29.1 Å². The van der Waals surface area contributed by atoms with E-state index in [2.05, 4.69) is 43.9 Å². The first kappa shape index (κ1) is 13.7. The average molecular weight is 235 g/mol. The third-order valence-corrected chi connectivity index (χ3v) is 2.99. The molecule has 1 N–H and O–H groups in total. The fourth-order valence-corrected chi connectivity index (χ4v) is 1.81. The van der Waals surface area contributed by atoms with Crippen LogP contribution in [0.1, 0.15) is 30.0 Å². The predicted molar refractivity (Wildman–Crippen MR) is 69.1 cm³/mol. The van der Waals surface area contributed by atoms with Crippen molar-refractivity contribution in [3.63, 3.8) is 0 Å². The van der Waals surface area contributed by atoms with E-state index in [0.29, 0.717) is 6.54 Å². The Bertz CT molecular complexity index is 388. The zero-order valence-electron chi connectivity index (χ0n) is 10.9. The third-order valence-electron chi connectivity index (χ3n) is 2.99. The monoisotopic (exact) mass is 235 g/mol. The van der Waals surface area contributed by atoms with E-state index >= 15 is 0 Å². The van der Waals surface area contributed by atoms with Crippen LogP contribution in [0, 0.1) is 13.8 Å². The fourth-order valence-electron chi connectivity index (χ4n) is 1.81. The lowest BCUT2D eigenvalue weighted by Gasteiger charge is -2.20. The van der Waals surface area contributed by atoms with E-state index in [-0.39, 0.29) is 6.42 Å². The maximum atomic E-state index is 10.6. The molecule has 0 aliphatic heterocycles. The van der Waals surface area contributed by atoms with Gasteiger partial charge in [0.25, 0.3) is 0 Å². The fraction of sp³-hybridized carbons (Fsp3) is 0.500. The summed E-state index contributed by atoms with van der Waals surface area (Å²) in [5.74, 6) is -0.732. The Morgan fingerprint density at radius 1 is 1.35 bits per heavy atom. The van der Waals surface area contributed by atoms with Gasteiger partial charge in [0.15, 0.2) is 0 Å². The lowest BCUT2D eigenvalue weighted by atomic mass is 10.1. The highest BCUT2D eigenvalue weighted by Gasteiger charge is 2.08. The number of carbonyl (C=O) groups is 1. The molecule has 0 fully saturated rings. The van der Waals surface area contributed by atoms with Crippen molar-refractivity contribution >= 4 is 5.97 Å². The second kappa shape index (κ2) is 6.40. The van der Waals surface area contributed by atoms with Gasteiger partial charge in [-0.3, -0.25) is 9.69 Å². The largest absolute Gasteiger partial charge is 0.481 e. The van der Waals surface area contributed by atoms with E-state index in [4.69, 9.17) is 5.11 Å². The molecule has 0 unspecified atom stereocenters. The quantitative estimate of drug-likeness (QED) is 0.824. The predicted octanol–water partition coefficient (Wildman–Crippen LogP) is 2.60. The van der Waals surface area contributed by atoms with Crippen LogP contribution in [0.15, 0.2) is 18.2 Å². The van der Waals surface area contributed by atoms with Crippen molar-refractivity contribution in [3.8, 4) is 0 Å². The second-order valence-electron chi connectivity index (χ2n) is 4.44. The van der Waals surface area contributed by atoms with Gasteiger partial charge in [-0.1, -0.05) is 30.7 Å². The standard InChI is InChI=1S/C14H21NO2/c1-4-15(8-7-14(16)17)10-13-9-11(2)5-6-12(13)3/h5-6,9H,4,7-8,10H2,1-3H3,(H,16,17). The van der Waals surface area contributed by atoms with Crippen molar-refractivity contribution in [2.45, 2.75) is 33.7 Å². The zero-order valence-corrected chi connectivity index (χ0v) is 10.9. The Balaban J connectivity index is 2.66. The molecule has 0 saturated carbocycles. The smallest absolute Gasteiger partial charge is 0.304 e. The van der Waals surface area contributed by atoms with Gasteiger partial charge in [-0.15, -0.1) is 0 Å². The summed E-state index contributed by atoms with van der Waals surface area (Å²) in [5, 5.41) is 8.70. The molecule has 3 heteroatoms. The molecular weight excluding hydrogens is 214 g/mol. The number of aryl methyl sites for hydroxylation is 2. The summed E-state index contributed by atoms with van der Waals surface area (Å²) in [6, 6.07) is 6.40. The normalized spacial score (nSPS) is 10.8. The third kappa shape index (κ3) is 4.57. The number of hydrogen-bond acceptors (Lipinski definition) is 2. The van der Waals surface area contributed by atoms with Gasteiger partial charge in [-0.05, 0) is 31.5 Å². The van der Waals surface area contributed by atoms with Crippen LogP contribution in [-0.2, 0) is 11.3 Å². The van der Waals surface area contributed by atoms with Crippen LogP contribution in [0.5, 0.6) is 0 Å². The van der Waals surface area contributed by atoms with Crippen LogP contribution in [0.4, 0.5) is 0 Å². The maximum Gasteiger partial charge on any atom is 0.304 e. The Kier molecular flexibility index (Phi) is 5.16. The molecule has 0 heterocycles. The summed E-state index contributed by atoms with van der Waals surface area (Å²) >= 11 is 0. The van der Waals surface area contributed by atoms with Crippen LogP contribution in [0.2, 0.25) is 0 Å². The number of hydrogen-bond donors (Lipinski definition) is 1. The molecule has 0 bridgehead atoms. The summed E-state index contributed by atoms with van der Waals surface area (Å²) in [4.78, 5) is 12.7. The Morgan fingerprint density at radius 3 is 2.65 bits per heavy atom. The minimum Gasteiger partial charge on any atom is -0.481 e. The van der Waals surface area contributed by atoms with Crippen molar-refractivity contribution in [1.82, 2.24) is 4.90 Å². The number of benzene rings is 1. The van der Waals surface area contributed by atoms with Gasteiger partial charge in [0, 0.05) is 13.1 Å². The molecule has 17 heavy (non-hydrogen) atoms. The molecule has 1 rings (SSSR count). The van der Waals surface area contributed by atoms with E-state index in [1.807, 2.05) is 0 Å². The zero-order chi connectivity index (χ0) is 12.8. The summed E-state index contributed by atoms with van der Waals surface area (Å²) in [5.41, 5.74) is 3.81. The molecule has 0 aromatic heterocycles. The number of carboxylic acid groups (broad SMARTS) is 1. The van der Waals surface area contributed by atoms with Crippen LogP contribution >= 0.6 is 0 Å². The topological polar surface area (TPSA) is 40.5 Å². The molecule has 0 aliphatic carbocycles. The number of carboxylic acids is 1. The Hall–Kier alpha value is -1.35. The highest BCUT2D eigenvalue weighted by molar-refractivity contribution is 5.66.